The van der Waals surface area contributed by atoms with Crippen molar-refractivity contribution in [3.05, 3.63) is 61.1 Å². The van der Waals surface area contributed by atoms with Gasteiger partial charge in [0, 0.05) is 31.3 Å². The molecule has 0 aliphatic heterocycles. The number of hydrogen-bond acceptors (Lipinski definition) is 2. The first-order valence-corrected chi connectivity index (χ1v) is 5.56. The number of para-hydroxylation sites is 1. The largest absolute Gasteiger partial charge is 0.343 e. The Kier molecular flexibility index (Phi) is 2.29. The fourth-order valence-corrected chi connectivity index (χ4v) is 1.91. The van der Waals surface area contributed by atoms with Crippen molar-refractivity contribution in [2.75, 3.05) is 11.9 Å². The van der Waals surface area contributed by atoms with Crippen LogP contribution in [0, 0.1) is 0 Å². The molecule has 84 valence electrons. The molecule has 2 aromatic heterocycles. The lowest BCUT2D eigenvalue weighted by Crippen LogP contribution is -2.09. The van der Waals surface area contributed by atoms with Crippen LogP contribution in [0.2, 0.25) is 0 Å². The molecule has 0 radical (unpaired) electrons. The maximum Gasteiger partial charge on any atom is 0.136 e. The highest BCUT2D eigenvalue weighted by Gasteiger charge is 2.04. The molecule has 0 amide bonds. The molecule has 17 heavy (non-hydrogen) atoms. The number of aromatic nitrogens is 2. The third kappa shape index (κ3) is 1.76. The average Bonchev–Trinajstić information content (AvgIpc) is 2.86. The minimum atomic E-state index is 0.968. The SMILES string of the molecule is CN(c1ccccc1)c1ccc2nccn2c1. The first kappa shape index (κ1) is 9.90. The standard InChI is InChI=1S/C14H13N3/c1-16(12-5-3-2-4-6-12)13-7-8-14-15-9-10-17(14)11-13/h2-11H,1H3. The second kappa shape index (κ2) is 3.94. The summed E-state index contributed by atoms with van der Waals surface area (Å²) >= 11 is 0. The summed E-state index contributed by atoms with van der Waals surface area (Å²) in [4.78, 5) is 6.39. The van der Waals surface area contributed by atoms with Crippen molar-refractivity contribution < 1.29 is 0 Å². The highest BCUT2D eigenvalue weighted by atomic mass is 15.1. The quantitative estimate of drug-likeness (QED) is 0.665. The Morgan fingerprint density at radius 2 is 1.82 bits per heavy atom. The zero-order valence-electron chi connectivity index (χ0n) is 9.62. The van der Waals surface area contributed by atoms with Crippen LogP contribution >= 0.6 is 0 Å². The molecular formula is C14H13N3. The van der Waals surface area contributed by atoms with Gasteiger partial charge in [-0.25, -0.2) is 4.98 Å². The first-order valence-electron chi connectivity index (χ1n) is 5.56. The Morgan fingerprint density at radius 1 is 1.00 bits per heavy atom. The molecule has 0 spiro atoms. The Labute approximate surface area is 100.0 Å². The predicted octanol–water partition coefficient (Wildman–Crippen LogP) is 3.10. The summed E-state index contributed by atoms with van der Waals surface area (Å²) in [6.07, 6.45) is 5.84. The molecule has 0 saturated carbocycles. The van der Waals surface area contributed by atoms with E-state index in [-0.39, 0.29) is 0 Å². The van der Waals surface area contributed by atoms with Crippen molar-refractivity contribution in [2.45, 2.75) is 0 Å². The van der Waals surface area contributed by atoms with Crippen LogP contribution in [-0.4, -0.2) is 16.4 Å². The van der Waals surface area contributed by atoms with Crippen LogP contribution in [0.15, 0.2) is 61.1 Å². The van der Waals surface area contributed by atoms with Gasteiger partial charge in [0.05, 0.1) is 5.69 Å². The number of fused-ring (bicyclic) bond motifs is 1. The number of rotatable bonds is 2. The van der Waals surface area contributed by atoms with Crippen molar-refractivity contribution in [2.24, 2.45) is 0 Å². The van der Waals surface area contributed by atoms with Gasteiger partial charge in [0.2, 0.25) is 0 Å². The van der Waals surface area contributed by atoms with E-state index < -0.39 is 0 Å². The summed E-state index contributed by atoms with van der Waals surface area (Å²) in [5.41, 5.74) is 3.28. The molecule has 0 fully saturated rings. The number of nitrogens with zero attached hydrogens (tertiary/aromatic N) is 3. The zero-order chi connectivity index (χ0) is 11.7. The number of hydrogen-bond donors (Lipinski definition) is 0. The van der Waals surface area contributed by atoms with E-state index in [0.29, 0.717) is 0 Å². The van der Waals surface area contributed by atoms with Gasteiger partial charge in [-0.2, -0.15) is 0 Å². The Bertz CT molecular complexity index is 628. The van der Waals surface area contributed by atoms with Gasteiger partial charge in [-0.05, 0) is 24.3 Å². The zero-order valence-corrected chi connectivity index (χ0v) is 9.62. The lowest BCUT2D eigenvalue weighted by atomic mass is 10.3. The molecule has 0 saturated heterocycles. The molecule has 0 atom stereocenters. The smallest absolute Gasteiger partial charge is 0.136 e. The van der Waals surface area contributed by atoms with Crippen LogP contribution in [0.3, 0.4) is 0 Å². The highest BCUT2D eigenvalue weighted by Crippen LogP contribution is 2.22. The van der Waals surface area contributed by atoms with Crippen molar-refractivity contribution in [1.82, 2.24) is 9.38 Å². The predicted molar refractivity (Wildman–Crippen MR) is 69.7 cm³/mol. The molecule has 3 rings (SSSR count). The van der Waals surface area contributed by atoms with Crippen LogP contribution < -0.4 is 4.90 Å². The lowest BCUT2D eigenvalue weighted by molar-refractivity contribution is 1.13. The Hall–Kier alpha value is -2.29. The summed E-state index contributed by atoms with van der Waals surface area (Å²) in [6.45, 7) is 0. The summed E-state index contributed by atoms with van der Waals surface area (Å²) in [7, 11) is 2.06. The van der Waals surface area contributed by atoms with Crippen molar-refractivity contribution in [1.29, 1.82) is 0 Å². The fraction of sp³-hybridized carbons (Fsp3) is 0.0714. The van der Waals surface area contributed by atoms with E-state index in [2.05, 4.69) is 41.3 Å². The van der Waals surface area contributed by atoms with Crippen molar-refractivity contribution in [3.8, 4) is 0 Å². The topological polar surface area (TPSA) is 20.5 Å². The maximum atomic E-state index is 4.24. The van der Waals surface area contributed by atoms with Gasteiger partial charge < -0.3 is 9.30 Å². The van der Waals surface area contributed by atoms with Gasteiger partial charge in [0.1, 0.15) is 5.65 Å². The molecule has 0 aliphatic rings. The molecule has 3 aromatic rings. The number of benzene rings is 1. The third-order valence-corrected chi connectivity index (χ3v) is 2.90. The van der Waals surface area contributed by atoms with E-state index in [4.69, 9.17) is 0 Å². The van der Waals surface area contributed by atoms with Crippen LogP contribution in [-0.2, 0) is 0 Å². The van der Waals surface area contributed by atoms with Gasteiger partial charge in [0.25, 0.3) is 0 Å². The van der Waals surface area contributed by atoms with Gasteiger partial charge in [0.15, 0.2) is 0 Å². The summed E-state index contributed by atoms with van der Waals surface area (Å²) in [5.74, 6) is 0. The number of pyridine rings is 1. The number of imidazole rings is 1. The maximum absolute atomic E-state index is 4.24. The van der Waals surface area contributed by atoms with Crippen LogP contribution in [0.1, 0.15) is 0 Å². The second-order valence-electron chi connectivity index (χ2n) is 3.97. The van der Waals surface area contributed by atoms with E-state index in [0.717, 1.165) is 11.3 Å². The van der Waals surface area contributed by atoms with Crippen LogP contribution in [0.5, 0.6) is 0 Å². The highest BCUT2D eigenvalue weighted by molar-refractivity contribution is 5.63. The average molecular weight is 223 g/mol. The minimum Gasteiger partial charge on any atom is -0.343 e. The summed E-state index contributed by atoms with van der Waals surface area (Å²) < 4.78 is 2.02. The van der Waals surface area contributed by atoms with Gasteiger partial charge >= 0.3 is 0 Å². The summed E-state index contributed by atoms with van der Waals surface area (Å²) in [6, 6.07) is 14.4. The van der Waals surface area contributed by atoms with E-state index in [9.17, 15) is 0 Å². The van der Waals surface area contributed by atoms with Crippen molar-refractivity contribution >= 4 is 17.0 Å². The Morgan fingerprint density at radius 3 is 2.65 bits per heavy atom. The summed E-state index contributed by atoms with van der Waals surface area (Å²) in [5, 5.41) is 0. The second-order valence-corrected chi connectivity index (χ2v) is 3.97. The van der Waals surface area contributed by atoms with Crippen LogP contribution in [0.4, 0.5) is 11.4 Å². The van der Waals surface area contributed by atoms with Crippen molar-refractivity contribution in [3.63, 3.8) is 0 Å². The molecule has 2 heterocycles. The van der Waals surface area contributed by atoms with Crippen LogP contribution in [0.25, 0.3) is 5.65 Å². The normalized spacial score (nSPS) is 10.6. The molecule has 0 unspecified atom stereocenters. The lowest BCUT2D eigenvalue weighted by Gasteiger charge is -2.19. The minimum absolute atomic E-state index is 0.968. The molecule has 3 nitrogen and oxygen atoms in total. The van der Waals surface area contributed by atoms with E-state index in [1.54, 1.807) is 0 Å². The third-order valence-electron chi connectivity index (χ3n) is 2.90. The molecule has 0 bridgehead atoms. The first-order chi connectivity index (χ1) is 8.34. The molecular weight excluding hydrogens is 210 g/mol. The Balaban J connectivity index is 2.03. The molecule has 1 aromatic carbocycles. The molecule has 3 heteroatoms. The molecule has 0 aliphatic carbocycles. The fourth-order valence-electron chi connectivity index (χ4n) is 1.91. The monoisotopic (exact) mass is 223 g/mol. The van der Waals surface area contributed by atoms with Gasteiger partial charge in [-0.1, -0.05) is 18.2 Å². The van der Waals surface area contributed by atoms with E-state index >= 15 is 0 Å². The number of anilines is 2. The van der Waals surface area contributed by atoms with Gasteiger partial charge in [-0.15, -0.1) is 0 Å². The van der Waals surface area contributed by atoms with E-state index in [1.807, 2.05) is 41.1 Å². The molecule has 0 N–H and O–H groups in total. The van der Waals surface area contributed by atoms with Gasteiger partial charge in [-0.3, -0.25) is 0 Å². The van der Waals surface area contributed by atoms with E-state index in [1.165, 1.54) is 5.69 Å².